The van der Waals surface area contributed by atoms with Crippen molar-refractivity contribution in [2.45, 2.75) is 39.2 Å². The molecule has 11 nitrogen and oxygen atoms in total. The normalized spacial score (nSPS) is 10.8. The second-order valence-electron chi connectivity index (χ2n) is 5.73. The number of esters is 3. The van der Waals surface area contributed by atoms with Crippen molar-refractivity contribution >= 4 is 17.9 Å². The lowest BCUT2D eigenvalue weighted by Crippen LogP contribution is -2.44. The Balaban J connectivity index is 0. The maximum Gasteiger partial charge on any atom is 0.339 e. The van der Waals surface area contributed by atoms with Gasteiger partial charge in [-0.05, 0) is 20.8 Å². The highest BCUT2D eigenvalue weighted by molar-refractivity contribution is 5.90. The van der Waals surface area contributed by atoms with E-state index in [1.165, 1.54) is 0 Å². The molecule has 29 heavy (non-hydrogen) atoms. The monoisotopic (exact) mass is 425 g/mol. The molecule has 0 aliphatic heterocycles. The molecule has 0 saturated carbocycles. The second-order valence-corrected chi connectivity index (χ2v) is 5.73. The molecule has 0 rings (SSSR count). The van der Waals surface area contributed by atoms with Crippen LogP contribution in [0.3, 0.4) is 0 Å². The largest absolute Gasteiger partial charge is 0.466 e. The van der Waals surface area contributed by atoms with E-state index in [4.69, 9.17) is 15.3 Å². The van der Waals surface area contributed by atoms with Crippen LogP contribution in [0.25, 0.3) is 0 Å². The van der Waals surface area contributed by atoms with Crippen molar-refractivity contribution in [1.82, 2.24) is 4.90 Å². The molecule has 0 atom stereocenters. The molecule has 172 valence electrons. The molecular weight excluding hydrogens is 390 g/mol. The topological polar surface area (TPSA) is 163 Å². The molecule has 0 fully saturated rings. The lowest BCUT2D eigenvalue weighted by atomic mass is 9.95. The van der Waals surface area contributed by atoms with E-state index in [0.717, 1.165) is 0 Å². The quantitative estimate of drug-likeness (QED) is 0.188. The molecular formula is C18H35NO10. The fraction of sp³-hybridized carbons (Fsp3) is 0.833. The van der Waals surface area contributed by atoms with Gasteiger partial charge in [0.25, 0.3) is 0 Å². The number of aliphatic hydroxyl groups is 4. The average Bonchev–Trinajstić information content (AvgIpc) is 2.63. The van der Waals surface area contributed by atoms with E-state index in [9.17, 15) is 19.5 Å². The molecule has 0 aromatic carbocycles. The summed E-state index contributed by atoms with van der Waals surface area (Å²) in [4.78, 5) is 36.2. The minimum Gasteiger partial charge on any atom is -0.466 e. The van der Waals surface area contributed by atoms with Gasteiger partial charge in [-0.2, -0.15) is 0 Å². The Morgan fingerprint density at radius 2 is 1.07 bits per heavy atom. The van der Waals surface area contributed by atoms with Gasteiger partial charge in [-0.1, -0.05) is 0 Å². The molecule has 0 amide bonds. The fourth-order valence-electron chi connectivity index (χ4n) is 2.13. The molecule has 0 aliphatic carbocycles. The number of aliphatic hydroxyl groups excluding tert-OH is 3. The van der Waals surface area contributed by atoms with Gasteiger partial charge in [-0.25, -0.2) is 4.79 Å². The molecule has 0 aromatic rings. The summed E-state index contributed by atoms with van der Waals surface area (Å²) in [5.74, 6) is -2.62. The van der Waals surface area contributed by atoms with E-state index < -0.39 is 36.4 Å². The summed E-state index contributed by atoms with van der Waals surface area (Å²) in [6.07, 6.45) is -1.31. The van der Waals surface area contributed by atoms with Crippen LogP contribution < -0.4 is 0 Å². The third-order valence-electron chi connectivity index (χ3n) is 3.39. The minimum atomic E-state index is -2.26. The highest BCUT2D eigenvalue weighted by Crippen LogP contribution is 2.19. The molecule has 0 spiro atoms. The first-order valence-corrected chi connectivity index (χ1v) is 9.50. The molecule has 0 bridgehead atoms. The lowest BCUT2D eigenvalue weighted by Gasteiger charge is -2.23. The number of hydrogen-bond donors (Lipinski definition) is 4. The predicted molar refractivity (Wildman–Crippen MR) is 102 cm³/mol. The SMILES string of the molecule is CCOC(=O)CC(O)(CC(=O)OCC)C(=O)OCC.OCCN(CCO)CCO. The molecule has 0 heterocycles. The Labute approximate surface area is 171 Å². The predicted octanol–water partition coefficient (Wildman–Crippen LogP) is -1.55. The van der Waals surface area contributed by atoms with Gasteiger partial charge < -0.3 is 34.6 Å². The van der Waals surface area contributed by atoms with Gasteiger partial charge in [-0.15, -0.1) is 0 Å². The Hall–Kier alpha value is -1.79. The molecule has 11 heteroatoms. The third kappa shape index (κ3) is 14.8. The standard InChI is InChI=1S/C12H20O7.C6H15NO3/c1-4-17-9(13)7-12(16,11(15)19-6-3)8-10(14)18-5-2;8-4-1-7(2-5-9)3-6-10/h16H,4-8H2,1-3H3;8-10H,1-6H2. The van der Waals surface area contributed by atoms with Gasteiger partial charge in [0, 0.05) is 19.6 Å². The number of nitrogens with zero attached hydrogens (tertiary/aromatic N) is 1. The minimum absolute atomic E-state index is 0.0206. The van der Waals surface area contributed by atoms with Crippen LogP contribution in [0.5, 0.6) is 0 Å². The zero-order valence-corrected chi connectivity index (χ0v) is 17.5. The van der Waals surface area contributed by atoms with Crippen LogP contribution in [0.4, 0.5) is 0 Å². The Morgan fingerprint density at radius 3 is 1.34 bits per heavy atom. The van der Waals surface area contributed by atoms with Gasteiger partial charge >= 0.3 is 17.9 Å². The fourth-order valence-corrected chi connectivity index (χ4v) is 2.13. The summed E-state index contributed by atoms with van der Waals surface area (Å²) in [6.45, 7) is 6.72. The van der Waals surface area contributed by atoms with E-state index in [2.05, 4.69) is 14.2 Å². The van der Waals surface area contributed by atoms with Crippen molar-refractivity contribution in [3.63, 3.8) is 0 Å². The molecule has 0 saturated heterocycles. The summed E-state index contributed by atoms with van der Waals surface area (Å²) >= 11 is 0. The first-order valence-electron chi connectivity index (χ1n) is 9.50. The number of rotatable bonds is 14. The number of hydrogen-bond acceptors (Lipinski definition) is 11. The Morgan fingerprint density at radius 1 is 0.724 bits per heavy atom. The van der Waals surface area contributed by atoms with Gasteiger partial charge in [0.2, 0.25) is 0 Å². The van der Waals surface area contributed by atoms with Gasteiger partial charge in [0.15, 0.2) is 5.60 Å². The smallest absolute Gasteiger partial charge is 0.339 e. The van der Waals surface area contributed by atoms with Gasteiger partial charge in [-0.3, -0.25) is 14.5 Å². The van der Waals surface area contributed by atoms with Crippen LogP contribution in [0.15, 0.2) is 0 Å². The van der Waals surface area contributed by atoms with E-state index >= 15 is 0 Å². The van der Waals surface area contributed by atoms with E-state index in [1.54, 1.807) is 25.7 Å². The first-order chi connectivity index (χ1) is 13.7. The van der Waals surface area contributed by atoms with Crippen molar-refractivity contribution in [3.8, 4) is 0 Å². The summed E-state index contributed by atoms with van der Waals surface area (Å²) in [6, 6.07) is 0. The summed E-state index contributed by atoms with van der Waals surface area (Å²) in [7, 11) is 0. The van der Waals surface area contributed by atoms with Crippen molar-refractivity contribution < 1.29 is 49.0 Å². The third-order valence-corrected chi connectivity index (χ3v) is 3.39. The average molecular weight is 425 g/mol. The maximum atomic E-state index is 11.7. The zero-order chi connectivity index (χ0) is 22.7. The Kier molecular flexibility index (Phi) is 18.5. The molecule has 0 unspecified atom stereocenters. The van der Waals surface area contributed by atoms with Crippen molar-refractivity contribution in [3.05, 3.63) is 0 Å². The van der Waals surface area contributed by atoms with E-state index in [-0.39, 0.29) is 39.6 Å². The van der Waals surface area contributed by atoms with Crippen LogP contribution in [0.2, 0.25) is 0 Å². The molecule has 0 radical (unpaired) electrons. The van der Waals surface area contributed by atoms with Gasteiger partial charge in [0.05, 0.1) is 52.5 Å². The van der Waals surface area contributed by atoms with Crippen LogP contribution in [0.1, 0.15) is 33.6 Å². The molecule has 0 aliphatic rings. The maximum absolute atomic E-state index is 11.7. The Bertz CT molecular complexity index is 424. The highest BCUT2D eigenvalue weighted by Gasteiger charge is 2.43. The van der Waals surface area contributed by atoms with E-state index in [0.29, 0.717) is 19.6 Å². The first kappa shape index (κ1) is 29.4. The highest BCUT2D eigenvalue weighted by atomic mass is 16.6. The van der Waals surface area contributed by atoms with Crippen LogP contribution in [-0.2, 0) is 28.6 Å². The van der Waals surface area contributed by atoms with Crippen molar-refractivity contribution in [2.24, 2.45) is 0 Å². The van der Waals surface area contributed by atoms with Crippen molar-refractivity contribution in [1.29, 1.82) is 0 Å². The summed E-state index contributed by atoms with van der Waals surface area (Å²) in [5.41, 5.74) is -2.26. The number of carbonyl (C=O) groups excluding carboxylic acids is 3. The number of carbonyl (C=O) groups is 3. The molecule has 0 aromatic heterocycles. The number of ether oxygens (including phenoxy) is 3. The van der Waals surface area contributed by atoms with Crippen LogP contribution >= 0.6 is 0 Å². The van der Waals surface area contributed by atoms with Crippen molar-refractivity contribution in [2.75, 3.05) is 59.3 Å². The summed E-state index contributed by atoms with van der Waals surface area (Å²) in [5, 5.41) is 35.6. The zero-order valence-electron chi connectivity index (χ0n) is 17.5. The van der Waals surface area contributed by atoms with Crippen LogP contribution in [-0.4, -0.2) is 108 Å². The van der Waals surface area contributed by atoms with Crippen LogP contribution in [0, 0.1) is 0 Å². The second kappa shape index (κ2) is 18.3. The van der Waals surface area contributed by atoms with Gasteiger partial charge in [0.1, 0.15) is 0 Å². The van der Waals surface area contributed by atoms with E-state index in [1.807, 2.05) is 0 Å². The molecule has 4 N–H and O–H groups in total. The lowest BCUT2D eigenvalue weighted by molar-refractivity contribution is -0.177. The summed E-state index contributed by atoms with van der Waals surface area (Å²) < 4.78 is 14.0.